The zero-order valence-electron chi connectivity index (χ0n) is 11.1. The molecule has 1 atom stereocenters. The number of amides is 2. The van der Waals surface area contributed by atoms with Crippen LogP contribution in [0.1, 0.15) is 29.3 Å². The lowest BCUT2D eigenvalue weighted by atomic mass is 10.1. The molecule has 1 aromatic rings. The van der Waals surface area contributed by atoms with Gasteiger partial charge in [-0.2, -0.15) is 0 Å². The van der Waals surface area contributed by atoms with E-state index in [1.54, 1.807) is 11.0 Å². The molecular weight excluding hydrogens is 308 g/mol. The molecule has 0 aromatic heterocycles. The molecule has 0 aliphatic carbocycles. The van der Waals surface area contributed by atoms with Crippen molar-refractivity contribution in [3.8, 4) is 0 Å². The van der Waals surface area contributed by atoms with Gasteiger partial charge in [0.1, 0.15) is 6.04 Å². The van der Waals surface area contributed by atoms with Crippen LogP contribution in [0.2, 0.25) is 0 Å². The van der Waals surface area contributed by atoms with E-state index in [9.17, 15) is 9.59 Å². The second-order valence-corrected chi connectivity index (χ2v) is 5.44. The average Bonchev–Trinajstić information content (AvgIpc) is 2.41. The van der Waals surface area contributed by atoms with E-state index in [2.05, 4.69) is 21.2 Å². The summed E-state index contributed by atoms with van der Waals surface area (Å²) in [6.07, 6.45) is 0.626. The second kappa shape index (κ2) is 5.74. The highest BCUT2D eigenvalue weighted by Gasteiger charge is 2.32. The number of carbonyl (C=O) groups excluding carboxylic acids is 2. The Morgan fingerprint density at radius 1 is 1.53 bits per heavy atom. The molecule has 1 aliphatic heterocycles. The predicted octanol–water partition coefficient (Wildman–Crippen LogP) is 2.11. The number of carbonyl (C=O) groups is 2. The molecule has 0 radical (unpaired) electrons. The third kappa shape index (κ3) is 2.66. The van der Waals surface area contributed by atoms with E-state index >= 15 is 0 Å². The first-order valence-corrected chi connectivity index (χ1v) is 7.19. The summed E-state index contributed by atoms with van der Waals surface area (Å²) in [5.41, 5.74) is 1.63. The Balaban J connectivity index is 2.32. The van der Waals surface area contributed by atoms with E-state index in [4.69, 9.17) is 0 Å². The molecule has 5 heteroatoms. The Morgan fingerprint density at radius 2 is 2.26 bits per heavy atom. The number of piperazine rings is 1. The zero-order valence-corrected chi connectivity index (χ0v) is 12.7. The highest BCUT2D eigenvalue weighted by Crippen LogP contribution is 2.24. The van der Waals surface area contributed by atoms with Crippen molar-refractivity contribution >= 4 is 27.7 Å². The van der Waals surface area contributed by atoms with Gasteiger partial charge in [-0.3, -0.25) is 9.59 Å². The molecular formula is C14H17BrN2O2. The molecule has 1 saturated heterocycles. The Bertz CT molecular complexity index is 516. The molecule has 19 heavy (non-hydrogen) atoms. The molecule has 1 N–H and O–H groups in total. The number of hydrogen-bond acceptors (Lipinski definition) is 2. The van der Waals surface area contributed by atoms with Crippen molar-refractivity contribution in [3.05, 3.63) is 33.8 Å². The number of aryl methyl sites for hydroxylation is 1. The number of nitrogens with zero attached hydrogens (tertiary/aromatic N) is 1. The van der Waals surface area contributed by atoms with Crippen LogP contribution >= 0.6 is 15.9 Å². The van der Waals surface area contributed by atoms with Crippen LogP contribution < -0.4 is 5.32 Å². The lowest BCUT2D eigenvalue weighted by Gasteiger charge is -2.34. The molecule has 0 bridgehead atoms. The zero-order chi connectivity index (χ0) is 14.0. The van der Waals surface area contributed by atoms with Crippen LogP contribution in [-0.4, -0.2) is 35.8 Å². The Hall–Kier alpha value is -1.36. The Kier molecular flexibility index (Phi) is 4.24. The number of halogens is 1. The summed E-state index contributed by atoms with van der Waals surface area (Å²) < 4.78 is 0.806. The van der Waals surface area contributed by atoms with Crippen molar-refractivity contribution in [2.45, 2.75) is 26.3 Å². The average molecular weight is 325 g/mol. The van der Waals surface area contributed by atoms with Crippen molar-refractivity contribution < 1.29 is 9.59 Å². The minimum atomic E-state index is -0.367. The first-order chi connectivity index (χ1) is 9.06. The summed E-state index contributed by atoms with van der Waals surface area (Å²) in [5, 5.41) is 2.80. The van der Waals surface area contributed by atoms with E-state index in [0.717, 1.165) is 10.0 Å². The van der Waals surface area contributed by atoms with Gasteiger partial charge in [-0.05, 0) is 40.9 Å². The quantitative estimate of drug-likeness (QED) is 0.905. The predicted molar refractivity (Wildman–Crippen MR) is 77.0 cm³/mol. The van der Waals surface area contributed by atoms with Crippen LogP contribution in [0.15, 0.2) is 22.7 Å². The van der Waals surface area contributed by atoms with Crippen molar-refractivity contribution in [1.29, 1.82) is 0 Å². The fraction of sp³-hybridized carbons (Fsp3) is 0.429. The number of benzene rings is 1. The van der Waals surface area contributed by atoms with Crippen LogP contribution in [0.3, 0.4) is 0 Å². The third-order valence-electron chi connectivity index (χ3n) is 3.40. The standard InChI is InChI=1S/C14H17BrN2O2/c1-3-11-13(18)16-7-8-17(11)14(19)10-6-4-5-9(2)12(10)15/h4-6,11H,3,7-8H2,1-2H3,(H,16,18). The molecule has 1 aliphatic rings. The highest BCUT2D eigenvalue weighted by atomic mass is 79.9. The van der Waals surface area contributed by atoms with E-state index < -0.39 is 0 Å². The fourth-order valence-corrected chi connectivity index (χ4v) is 2.76. The van der Waals surface area contributed by atoms with Crippen molar-refractivity contribution in [2.24, 2.45) is 0 Å². The smallest absolute Gasteiger partial charge is 0.255 e. The Labute approximate surface area is 121 Å². The maximum absolute atomic E-state index is 12.6. The van der Waals surface area contributed by atoms with Gasteiger partial charge in [0, 0.05) is 17.6 Å². The first kappa shape index (κ1) is 14.1. The van der Waals surface area contributed by atoms with E-state index in [-0.39, 0.29) is 17.9 Å². The first-order valence-electron chi connectivity index (χ1n) is 6.40. The molecule has 2 amide bonds. The molecule has 102 valence electrons. The summed E-state index contributed by atoms with van der Waals surface area (Å²) in [5.74, 6) is -0.150. The van der Waals surface area contributed by atoms with Crippen molar-refractivity contribution in [2.75, 3.05) is 13.1 Å². The molecule has 2 rings (SSSR count). The molecule has 4 nitrogen and oxygen atoms in total. The molecule has 1 heterocycles. The van der Waals surface area contributed by atoms with Gasteiger partial charge in [0.2, 0.25) is 5.91 Å². The number of nitrogens with one attached hydrogen (secondary N) is 1. The summed E-state index contributed by atoms with van der Waals surface area (Å²) in [7, 11) is 0. The molecule has 0 spiro atoms. The topological polar surface area (TPSA) is 49.4 Å². The second-order valence-electron chi connectivity index (χ2n) is 4.65. The summed E-state index contributed by atoms with van der Waals surface area (Å²) in [6, 6.07) is 5.23. The van der Waals surface area contributed by atoms with Crippen LogP contribution in [0.25, 0.3) is 0 Å². The van der Waals surface area contributed by atoms with Gasteiger partial charge in [0.25, 0.3) is 5.91 Å². The SMILES string of the molecule is CCC1C(=O)NCCN1C(=O)c1cccc(C)c1Br. The Morgan fingerprint density at radius 3 is 2.95 bits per heavy atom. The van der Waals surface area contributed by atoms with Gasteiger partial charge >= 0.3 is 0 Å². The minimum Gasteiger partial charge on any atom is -0.353 e. The van der Waals surface area contributed by atoms with Crippen LogP contribution in [0, 0.1) is 6.92 Å². The fourth-order valence-electron chi connectivity index (χ4n) is 2.33. The van der Waals surface area contributed by atoms with Crippen molar-refractivity contribution in [1.82, 2.24) is 10.2 Å². The summed E-state index contributed by atoms with van der Waals surface area (Å²) >= 11 is 3.46. The number of hydrogen-bond donors (Lipinski definition) is 1. The molecule has 1 aromatic carbocycles. The molecule has 0 saturated carbocycles. The molecule has 1 unspecified atom stereocenters. The van der Waals surface area contributed by atoms with Gasteiger partial charge in [0.15, 0.2) is 0 Å². The van der Waals surface area contributed by atoms with Crippen LogP contribution in [0.4, 0.5) is 0 Å². The maximum atomic E-state index is 12.6. The van der Waals surface area contributed by atoms with E-state index in [0.29, 0.717) is 25.1 Å². The summed E-state index contributed by atoms with van der Waals surface area (Å²) in [4.78, 5) is 26.1. The van der Waals surface area contributed by atoms with E-state index in [1.807, 2.05) is 26.0 Å². The highest BCUT2D eigenvalue weighted by molar-refractivity contribution is 9.10. The monoisotopic (exact) mass is 324 g/mol. The van der Waals surface area contributed by atoms with Crippen molar-refractivity contribution in [3.63, 3.8) is 0 Å². The van der Waals surface area contributed by atoms with Gasteiger partial charge in [-0.15, -0.1) is 0 Å². The third-order valence-corrected chi connectivity index (χ3v) is 4.45. The summed E-state index contributed by atoms with van der Waals surface area (Å²) in [6.45, 7) is 4.94. The lowest BCUT2D eigenvalue weighted by Crippen LogP contribution is -2.56. The minimum absolute atomic E-state index is 0.0640. The lowest BCUT2D eigenvalue weighted by molar-refractivity contribution is -0.127. The maximum Gasteiger partial charge on any atom is 0.255 e. The van der Waals surface area contributed by atoms with Gasteiger partial charge in [0.05, 0.1) is 5.56 Å². The van der Waals surface area contributed by atoms with E-state index in [1.165, 1.54) is 0 Å². The molecule has 1 fully saturated rings. The van der Waals surface area contributed by atoms with Crippen LogP contribution in [0.5, 0.6) is 0 Å². The number of rotatable bonds is 2. The van der Waals surface area contributed by atoms with Gasteiger partial charge < -0.3 is 10.2 Å². The normalized spacial score (nSPS) is 19.2. The van der Waals surface area contributed by atoms with Crippen LogP contribution in [-0.2, 0) is 4.79 Å². The van der Waals surface area contributed by atoms with Gasteiger partial charge in [-0.25, -0.2) is 0 Å². The van der Waals surface area contributed by atoms with Gasteiger partial charge in [-0.1, -0.05) is 19.1 Å². The largest absolute Gasteiger partial charge is 0.353 e.